The van der Waals surface area contributed by atoms with Gasteiger partial charge in [0.05, 0.1) is 18.5 Å². The lowest BCUT2D eigenvalue weighted by Gasteiger charge is -2.17. The molecule has 92 valence electrons. The van der Waals surface area contributed by atoms with Crippen molar-refractivity contribution in [3.05, 3.63) is 17.6 Å². The molecule has 1 atom stereocenters. The van der Waals surface area contributed by atoms with E-state index < -0.39 is 0 Å². The van der Waals surface area contributed by atoms with Crippen LogP contribution in [0.25, 0.3) is 0 Å². The van der Waals surface area contributed by atoms with Crippen LogP contribution >= 0.6 is 0 Å². The number of nitrogen functional groups attached to an aromatic ring is 1. The van der Waals surface area contributed by atoms with Gasteiger partial charge in [-0.05, 0) is 20.9 Å². The van der Waals surface area contributed by atoms with Crippen LogP contribution in [0.1, 0.15) is 18.4 Å². The number of nitrogens with zero attached hydrogens (tertiary/aromatic N) is 4. The van der Waals surface area contributed by atoms with Crippen LogP contribution in [0.2, 0.25) is 0 Å². The molecule has 6 heteroatoms. The van der Waals surface area contributed by atoms with E-state index in [0.29, 0.717) is 24.7 Å². The zero-order valence-electron chi connectivity index (χ0n) is 10.4. The monoisotopic (exact) mass is 234 g/mol. The highest BCUT2D eigenvalue weighted by atomic mass is 15.3. The Labute approximate surface area is 101 Å². The maximum atomic E-state index is 8.74. The van der Waals surface area contributed by atoms with Crippen molar-refractivity contribution in [1.29, 1.82) is 5.26 Å². The highest BCUT2D eigenvalue weighted by molar-refractivity contribution is 5.33. The van der Waals surface area contributed by atoms with Crippen LogP contribution in [0.3, 0.4) is 0 Å². The summed E-state index contributed by atoms with van der Waals surface area (Å²) in [5.41, 5.74) is 3.38. The first-order valence-corrected chi connectivity index (χ1v) is 5.44. The third-order valence-corrected chi connectivity index (χ3v) is 2.27. The number of hydrazine groups is 1. The average molecular weight is 234 g/mol. The topological polar surface area (TPSA) is 90.9 Å². The van der Waals surface area contributed by atoms with Gasteiger partial charge in [0.1, 0.15) is 11.6 Å². The summed E-state index contributed by atoms with van der Waals surface area (Å²) in [6.07, 6.45) is 0. The highest BCUT2D eigenvalue weighted by Gasteiger charge is 2.08. The smallest absolute Gasteiger partial charge is 0.144 e. The molecule has 0 aliphatic carbocycles. The van der Waals surface area contributed by atoms with Crippen LogP contribution in [-0.2, 0) is 6.54 Å². The number of hydrogen-bond acceptors (Lipinski definition) is 6. The van der Waals surface area contributed by atoms with Crippen molar-refractivity contribution in [2.45, 2.75) is 20.4 Å². The van der Waals surface area contributed by atoms with Crippen molar-refractivity contribution in [3.63, 3.8) is 0 Å². The Morgan fingerprint density at radius 1 is 1.59 bits per heavy atom. The van der Waals surface area contributed by atoms with Crippen molar-refractivity contribution < 1.29 is 0 Å². The molecule has 0 bridgehead atoms. The van der Waals surface area contributed by atoms with E-state index in [1.807, 2.05) is 25.8 Å². The highest BCUT2D eigenvalue weighted by Crippen LogP contribution is 2.07. The van der Waals surface area contributed by atoms with Gasteiger partial charge in [0.2, 0.25) is 0 Å². The van der Waals surface area contributed by atoms with Crippen molar-refractivity contribution in [1.82, 2.24) is 14.9 Å². The van der Waals surface area contributed by atoms with Gasteiger partial charge in [-0.2, -0.15) is 5.26 Å². The first-order valence-electron chi connectivity index (χ1n) is 5.44. The number of nitriles is 1. The Hall–Kier alpha value is -1.71. The van der Waals surface area contributed by atoms with Gasteiger partial charge in [0.15, 0.2) is 0 Å². The minimum atomic E-state index is -0.00286. The summed E-state index contributed by atoms with van der Waals surface area (Å²) in [5, 5.41) is 8.74. The van der Waals surface area contributed by atoms with Crippen molar-refractivity contribution in [3.8, 4) is 6.07 Å². The lowest BCUT2D eigenvalue weighted by atomic mass is 10.2. The number of nitrogens with one attached hydrogen (secondary N) is 1. The molecule has 0 radical (unpaired) electrons. The summed E-state index contributed by atoms with van der Waals surface area (Å²) in [5.74, 6) is 6.63. The van der Waals surface area contributed by atoms with Crippen molar-refractivity contribution >= 4 is 5.82 Å². The number of rotatable bonds is 5. The fourth-order valence-electron chi connectivity index (χ4n) is 1.59. The molecule has 0 aliphatic heterocycles. The first kappa shape index (κ1) is 13.4. The maximum absolute atomic E-state index is 8.74. The summed E-state index contributed by atoms with van der Waals surface area (Å²) in [6, 6.07) is 3.98. The van der Waals surface area contributed by atoms with Crippen molar-refractivity contribution in [2.75, 3.05) is 19.0 Å². The molecule has 0 fully saturated rings. The SMILES string of the molecule is Cc1cc(NN)nc(CN(C)CC(C)C#N)n1. The van der Waals surface area contributed by atoms with E-state index in [-0.39, 0.29) is 5.92 Å². The molecule has 0 spiro atoms. The number of aryl methyl sites for hydroxylation is 1. The van der Waals surface area contributed by atoms with Crippen molar-refractivity contribution in [2.24, 2.45) is 11.8 Å². The second kappa shape index (κ2) is 6.13. The van der Waals surface area contributed by atoms with E-state index >= 15 is 0 Å². The molecule has 17 heavy (non-hydrogen) atoms. The second-order valence-corrected chi connectivity index (χ2v) is 4.18. The van der Waals surface area contributed by atoms with Crippen LogP contribution in [0.4, 0.5) is 5.82 Å². The number of nitrogens with two attached hydrogens (primary N) is 1. The molecule has 0 aliphatic rings. The Bertz CT molecular complexity index is 411. The molecule has 1 heterocycles. The second-order valence-electron chi connectivity index (χ2n) is 4.18. The number of hydrogen-bond donors (Lipinski definition) is 2. The van der Waals surface area contributed by atoms with Gasteiger partial charge in [0.25, 0.3) is 0 Å². The van der Waals surface area contributed by atoms with Crippen LogP contribution in [0, 0.1) is 24.2 Å². The molecule has 1 unspecified atom stereocenters. The molecule has 1 aromatic heterocycles. The van der Waals surface area contributed by atoms with Crippen LogP contribution < -0.4 is 11.3 Å². The largest absolute Gasteiger partial charge is 0.308 e. The number of anilines is 1. The summed E-state index contributed by atoms with van der Waals surface area (Å²) in [4.78, 5) is 10.6. The summed E-state index contributed by atoms with van der Waals surface area (Å²) >= 11 is 0. The van der Waals surface area contributed by atoms with E-state index in [1.54, 1.807) is 6.07 Å². The van der Waals surface area contributed by atoms with E-state index in [4.69, 9.17) is 11.1 Å². The Morgan fingerprint density at radius 2 is 2.29 bits per heavy atom. The third kappa shape index (κ3) is 4.34. The molecule has 1 aromatic rings. The van der Waals surface area contributed by atoms with Gasteiger partial charge in [-0.15, -0.1) is 0 Å². The zero-order chi connectivity index (χ0) is 12.8. The van der Waals surface area contributed by atoms with Crippen LogP contribution in [0.5, 0.6) is 0 Å². The van der Waals surface area contributed by atoms with E-state index in [2.05, 4.69) is 21.5 Å². The standard InChI is InChI=1S/C11H18N6/c1-8(5-12)6-17(3)7-11-14-9(2)4-10(15-11)16-13/h4,8H,6-7,13H2,1-3H3,(H,14,15,16). The van der Waals surface area contributed by atoms with E-state index in [9.17, 15) is 0 Å². The molecule has 0 amide bonds. The fraction of sp³-hybridized carbons (Fsp3) is 0.545. The lowest BCUT2D eigenvalue weighted by Crippen LogP contribution is -2.25. The molecule has 0 saturated carbocycles. The molecule has 6 nitrogen and oxygen atoms in total. The van der Waals surface area contributed by atoms with Crippen LogP contribution in [-0.4, -0.2) is 28.5 Å². The minimum Gasteiger partial charge on any atom is -0.308 e. The number of aromatic nitrogens is 2. The van der Waals surface area contributed by atoms with E-state index in [1.165, 1.54) is 0 Å². The predicted molar refractivity (Wildman–Crippen MR) is 65.7 cm³/mol. The van der Waals surface area contributed by atoms with Gasteiger partial charge in [-0.25, -0.2) is 15.8 Å². The zero-order valence-corrected chi connectivity index (χ0v) is 10.4. The summed E-state index contributed by atoms with van der Waals surface area (Å²) in [7, 11) is 1.94. The van der Waals surface area contributed by atoms with Gasteiger partial charge in [0, 0.05) is 18.3 Å². The van der Waals surface area contributed by atoms with Gasteiger partial charge < -0.3 is 5.43 Å². The molecular formula is C11H18N6. The average Bonchev–Trinajstić information content (AvgIpc) is 2.27. The lowest BCUT2D eigenvalue weighted by molar-refractivity contribution is 0.296. The van der Waals surface area contributed by atoms with Gasteiger partial charge >= 0.3 is 0 Å². The Balaban J connectivity index is 2.68. The maximum Gasteiger partial charge on any atom is 0.144 e. The first-order chi connectivity index (χ1) is 8.05. The van der Waals surface area contributed by atoms with Gasteiger partial charge in [-0.3, -0.25) is 4.90 Å². The molecule has 0 saturated heterocycles. The Morgan fingerprint density at radius 3 is 2.88 bits per heavy atom. The minimum absolute atomic E-state index is 0.00286. The fourth-order valence-corrected chi connectivity index (χ4v) is 1.59. The quantitative estimate of drug-likeness (QED) is 0.574. The molecular weight excluding hydrogens is 216 g/mol. The predicted octanol–water partition coefficient (Wildman–Crippen LogP) is 0.662. The summed E-state index contributed by atoms with van der Waals surface area (Å²) < 4.78 is 0. The molecule has 1 rings (SSSR count). The molecule has 3 N–H and O–H groups in total. The third-order valence-electron chi connectivity index (χ3n) is 2.27. The Kier molecular flexibility index (Phi) is 4.82. The summed E-state index contributed by atoms with van der Waals surface area (Å²) in [6.45, 7) is 5.08. The normalized spacial score (nSPS) is 12.2. The van der Waals surface area contributed by atoms with E-state index in [0.717, 1.165) is 5.69 Å². The molecule has 0 aromatic carbocycles. The van der Waals surface area contributed by atoms with Gasteiger partial charge in [-0.1, -0.05) is 0 Å². The van der Waals surface area contributed by atoms with Crippen LogP contribution in [0.15, 0.2) is 6.07 Å².